The van der Waals surface area contributed by atoms with Gasteiger partial charge in [-0.05, 0) is 73.6 Å². The lowest BCUT2D eigenvalue weighted by atomic mass is 9.95. The summed E-state index contributed by atoms with van der Waals surface area (Å²) in [6, 6.07) is 15.7. The van der Waals surface area contributed by atoms with Crippen molar-refractivity contribution in [2.45, 2.75) is 95.4 Å². The third-order valence-electron chi connectivity index (χ3n) is 11.6. The van der Waals surface area contributed by atoms with E-state index >= 15 is 0 Å². The van der Waals surface area contributed by atoms with Crippen molar-refractivity contribution >= 4 is 24.0 Å². The predicted octanol–water partition coefficient (Wildman–Crippen LogP) is 6.29. The third kappa shape index (κ3) is 7.54. The van der Waals surface area contributed by atoms with E-state index in [2.05, 4.69) is 69.1 Å². The molecule has 5 heterocycles. The Hall–Kier alpha value is -5.66. The quantitative estimate of drug-likeness (QED) is 0.154. The van der Waals surface area contributed by atoms with Crippen molar-refractivity contribution in [3.63, 3.8) is 0 Å². The van der Waals surface area contributed by atoms with E-state index in [1.807, 2.05) is 43.0 Å². The first-order chi connectivity index (χ1) is 26.5. The molecule has 2 aromatic heterocycles. The van der Waals surface area contributed by atoms with Crippen molar-refractivity contribution in [2.24, 2.45) is 5.92 Å². The second-order valence-corrected chi connectivity index (χ2v) is 15.4. The first-order valence-electron chi connectivity index (χ1n) is 19.1. The molecule has 0 spiro atoms. The lowest BCUT2D eigenvalue weighted by molar-refractivity contribution is -0.138. The highest BCUT2D eigenvalue weighted by molar-refractivity contribution is 5.87. The number of carbonyl (C=O) groups is 4. The van der Waals surface area contributed by atoms with Crippen LogP contribution in [0.1, 0.15) is 83.4 Å². The largest absolute Gasteiger partial charge is 0.453 e. The van der Waals surface area contributed by atoms with Crippen LogP contribution in [0.5, 0.6) is 0 Å². The minimum atomic E-state index is -0.706. The molecule has 4 aromatic rings. The monoisotopic (exact) mass is 750 g/mol. The van der Waals surface area contributed by atoms with Crippen molar-refractivity contribution in [1.29, 1.82) is 0 Å². The van der Waals surface area contributed by atoms with Crippen LogP contribution in [-0.4, -0.2) is 92.6 Å². The van der Waals surface area contributed by atoms with Gasteiger partial charge in [-0.3, -0.25) is 9.59 Å². The van der Waals surface area contributed by atoms with E-state index in [4.69, 9.17) is 19.4 Å². The summed E-state index contributed by atoms with van der Waals surface area (Å²) < 4.78 is 9.52. The molecule has 7 rings (SSSR count). The molecular weight excluding hydrogens is 701 g/mol. The third-order valence-corrected chi connectivity index (χ3v) is 11.6. The topological polar surface area (TPSA) is 175 Å². The molecule has 4 amide bonds. The van der Waals surface area contributed by atoms with Gasteiger partial charge in [0, 0.05) is 25.0 Å². The van der Waals surface area contributed by atoms with Crippen LogP contribution in [0, 0.1) is 5.92 Å². The van der Waals surface area contributed by atoms with Crippen molar-refractivity contribution in [3.05, 3.63) is 72.6 Å². The molecule has 3 aliphatic rings. The van der Waals surface area contributed by atoms with E-state index in [9.17, 15) is 19.2 Å². The van der Waals surface area contributed by atoms with Gasteiger partial charge in [-0.1, -0.05) is 62.4 Å². The number of benzene rings is 2. The van der Waals surface area contributed by atoms with Gasteiger partial charge in [0.2, 0.25) is 11.8 Å². The van der Waals surface area contributed by atoms with Gasteiger partial charge in [0.1, 0.15) is 17.7 Å². The standard InChI is InChI=1S/C41H50N8O6/c1-24(2)35(47-40(53)55-5)37(51)48-20-6-19-41(48,3)38-43-23-32(46-38)28-13-9-26(10-14-28)25-7-11-27(12-8-25)31-22-42-36(45-31)33-18-17-30-16-15-29(44-39(52)54-4)21-34(50)49(30)33/h7-14,22-24,29-30,33,35H,6,15-21H2,1-5H3,(H,42,45)(H,43,46)(H,44,52)(H,47,53)/t29-,30-,33-,35-,41-/m0/s1. The number of likely N-dealkylation sites (tertiary alicyclic amines) is 1. The van der Waals surface area contributed by atoms with Crippen molar-refractivity contribution in [1.82, 2.24) is 40.4 Å². The molecule has 14 nitrogen and oxygen atoms in total. The summed E-state index contributed by atoms with van der Waals surface area (Å²) in [5.41, 5.74) is 5.20. The zero-order valence-electron chi connectivity index (χ0n) is 32.1. The zero-order chi connectivity index (χ0) is 38.9. The Morgan fingerprint density at radius 3 is 2.07 bits per heavy atom. The van der Waals surface area contributed by atoms with Crippen LogP contribution in [0.2, 0.25) is 0 Å². The summed E-state index contributed by atoms with van der Waals surface area (Å²) in [5, 5.41) is 5.51. The molecule has 3 saturated heterocycles. The van der Waals surface area contributed by atoms with E-state index in [1.54, 1.807) is 0 Å². The van der Waals surface area contributed by atoms with Crippen LogP contribution in [0.4, 0.5) is 9.59 Å². The van der Waals surface area contributed by atoms with E-state index in [0.717, 1.165) is 78.0 Å². The molecule has 14 heteroatoms. The van der Waals surface area contributed by atoms with Crippen molar-refractivity contribution in [2.75, 3.05) is 20.8 Å². The molecule has 0 saturated carbocycles. The number of fused-ring (bicyclic) bond motifs is 1. The summed E-state index contributed by atoms with van der Waals surface area (Å²) in [7, 11) is 2.62. The van der Waals surface area contributed by atoms with E-state index in [0.29, 0.717) is 12.4 Å². The van der Waals surface area contributed by atoms with Gasteiger partial charge in [0.15, 0.2) is 0 Å². The van der Waals surface area contributed by atoms with Gasteiger partial charge in [-0.2, -0.15) is 0 Å². The Bertz CT molecular complexity index is 2020. The molecule has 5 atom stereocenters. The summed E-state index contributed by atoms with van der Waals surface area (Å²) in [6.45, 7) is 6.41. The van der Waals surface area contributed by atoms with Gasteiger partial charge >= 0.3 is 12.2 Å². The first kappa shape index (κ1) is 37.6. The number of methoxy groups -OCH3 is 2. The fraction of sp³-hybridized carbons (Fsp3) is 0.463. The van der Waals surface area contributed by atoms with Crippen LogP contribution in [-0.2, 0) is 24.6 Å². The summed E-state index contributed by atoms with van der Waals surface area (Å²) in [4.78, 5) is 71.1. The summed E-state index contributed by atoms with van der Waals surface area (Å²) in [6.07, 6.45) is 7.65. The fourth-order valence-electron chi connectivity index (χ4n) is 8.48. The smallest absolute Gasteiger partial charge is 0.407 e. The first-order valence-corrected chi connectivity index (χ1v) is 19.1. The van der Waals surface area contributed by atoms with Crippen LogP contribution in [0.3, 0.4) is 0 Å². The summed E-state index contributed by atoms with van der Waals surface area (Å²) >= 11 is 0. The van der Waals surface area contributed by atoms with Gasteiger partial charge < -0.3 is 39.9 Å². The van der Waals surface area contributed by atoms with E-state index in [1.165, 1.54) is 14.2 Å². The van der Waals surface area contributed by atoms with Crippen LogP contribution in [0.15, 0.2) is 60.9 Å². The van der Waals surface area contributed by atoms with E-state index in [-0.39, 0.29) is 42.3 Å². The Kier molecular flexibility index (Phi) is 10.7. The Balaban J connectivity index is 1.01. The maximum atomic E-state index is 13.7. The Morgan fingerprint density at radius 2 is 1.44 bits per heavy atom. The number of nitrogens with zero attached hydrogens (tertiary/aromatic N) is 4. The normalized spacial score (nSPS) is 22.9. The number of amides is 4. The molecule has 3 fully saturated rings. The Morgan fingerprint density at radius 1 is 0.836 bits per heavy atom. The fourth-order valence-corrected chi connectivity index (χ4v) is 8.48. The van der Waals surface area contributed by atoms with Crippen LogP contribution >= 0.6 is 0 Å². The number of ether oxygens (including phenoxy) is 2. The van der Waals surface area contributed by atoms with Gasteiger partial charge in [-0.15, -0.1) is 0 Å². The average Bonchev–Trinajstić information content (AvgIpc) is 4.01. The number of alkyl carbamates (subject to hydrolysis) is 2. The average molecular weight is 751 g/mol. The Labute approximate surface area is 320 Å². The number of aromatic nitrogens is 4. The lowest BCUT2D eigenvalue weighted by Gasteiger charge is -2.37. The highest BCUT2D eigenvalue weighted by Crippen LogP contribution is 2.41. The number of hydrogen-bond donors (Lipinski definition) is 4. The molecule has 0 unspecified atom stereocenters. The highest BCUT2D eigenvalue weighted by atomic mass is 16.5. The predicted molar refractivity (Wildman–Crippen MR) is 205 cm³/mol. The van der Waals surface area contributed by atoms with Gasteiger partial charge in [-0.25, -0.2) is 19.6 Å². The number of carbonyl (C=O) groups excluding carboxylic acids is 4. The molecule has 3 aliphatic heterocycles. The minimum absolute atomic E-state index is 0.0283. The van der Waals surface area contributed by atoms with E-state index < -0.39 is 23.8 Å². The molecule has 0 radical (unpaired) electrons. The second kappa shape index (κ2) is 15.6. The molecule has 55 heavy (non-hydrogen) atoms. The second-order valence-electron chi connectivity index (χ2n) is 15.4. The number of aromatic amines is 2. The van der Waals surface area contributed by atoms with Gasteiger partial charge in [0.25, 0.3) is 0 Å². The molecule has 290 valence electrons. The molecular formula is C41H50N8O6. The number of H-pyrrole nitrogens is 2. The number of rotatable bonds is 9. The SMILES string of the molecule is COC(=O)N[C@H]1CC[C@H]2CC[C@@H](c3ncc(-c4ccc(-c5ccc(-c6cnc([C@]7(C)CCCN7C(=O)[C@@H](NC(=O)OC)C(C)C)[nH]6)cc5)cc4)[nH]3)N2C(=O)C1. The van der Waals surface area contributed by atoms with Crippen molar-refractivity contribution in [3.8, 4) is 33.6 Å². The van der Waals surface area contributed by atoms with Crippen LogP contribution < -0.4 is 10.6 Å². The highest BCUT2D eigenvalue weighted by Gasteiger charge is 2.46. The maximum Gasteiger partial charge on any atom is 0.407 e. The van der Waals surface area contributed by atoms with Crippen molar-refractivity contribution < 1.29 is 28.7 Å². The van der Waals surface area contributed by atoms with Crippen LogP contribution in [0.25, 0.3) is 33.6 Å². The molecule has 0 bridgehead atoms. The number of hydrogen-bond acceptors (Lipinski definition) is 8. The van der Waals surface area contributed by atoms with Gasteiger partial charge in [0.05, 0.1) is 49.6 Å². The number of nitrogens with one attached hydrogen (secondary N) is 4. The number of imidazole rings is 2. The molecule has 0 aliphatic carbocycles. The lowest BCUT2D eigenvalue weighted by Crippen LogP contribution is -2.55. The minimum Gasteiger partial charge on any atom is -0.453 e. The molecule has 4 N–H and O–H groups in total. The molecule has 2 aromatic carbocycles. The zero-order valence-corrected chi connectivity index (χ0v) is 32.1. The maximum absolute atomic E-state index is 13.7. The summed E-state index contributed by atoms with van der Waals surface area (Å²) in [5.74, 6) is 1.25.